The minimum absolute atomic E-state index is 0.334. The van der Waals surface area contributed by atoms with Gasteiger partial charge < -0.3 is 9.47 Å². The van der Waals surface area contributed by atoms with Gasteiger partial charge in [-0.1, -0.05) is 18.1 Å². The lowest BCUT2D eigenvalue weighted by molar-refractivity contribution is -0.140. The van der Waals surface area contributed by atoms with E-state index in [1.807, 2.05) is 6.26 Å². The fourth-order valence-electron chi connectivity index (χ4n) is 1.74. The van der Waals surface area contributed by atoms with Crippen molar-refractivity contribution in [1.29, 1.82) is 0 Å². The predicted molar refractivity (Wildman–Crippen MR) is 81.2 cm³/mol. The van der Waals surface area contributed by atoms with Gasteiger partial charge in [0.25, 0.3) is 0 Å². The van der Waals surface area contributed by atoms with Crippen LogP contribution >= 0.6 is 11.8 Å². The molecule has 0 amide bonds. The van der Waals surface area contributed by atoms with Crippen molar-refractivity contribution in [3.63, 3.8) is 0 Å². The van der Waals surface area contributed by atoms with Crippen molar-refractivity contribution in [3.8, 4) is 11.8 Å². The second-order valence-corrected chi connectivity index (χ2v) is 5.74. The van der Waals surface area contributed by atoms with Crippen LogP contribution in [0.4, 0.5) is 13.2 Å². The van der Waals surface area contributed by atoms with Crippen molar-refractivity contribution >= 4 is 17.8 Å². The predicted octanol–water partition coefficient (Wildman–Crippen LogP) is 3.83. The third kappa shape index (κ3) is 5.09. The lowest BCUT2D eigenvalue weighted by atomic mass is 10.1. The molecule has 1 aromatic carbocycles. The maximum absolute atomic E-state index is 12.4. The fraction of sp³-hybridized carbons (Fsp3) is 0.375. The molecule has 1 aliphatic heterocycles. The molecule has 1 saturated heterocycles. The van der Waals surface area contributed by atoms with Crippen molar-refractivity contribution < 1.29 is 22.6 Å². The van der Waals surface area contributed by atoms with Crippen LogP contribution in [0.15, 0.2) is 30.3 Å². The number of alkyl halides is 3. The fourth-order valence-corrected chi connectivity index (χ4v) is 2.17. The smallest absolute Gasteiger partial charge is 0.341 e. The molecule has 0 N–H and O–H groups in total. The summed E-state index contributed by atoms with van der Waals surface area (Å²) < 4.78 is 48.1. The van der Waals surface area contributed by atoms with Crippen molar-refractivity contribution in [2.75, 3.05) is 19.5 Å². The van der Waals surface area contributed by atoms with Gasteiger partial charge in [-0.2, -0.15) is 24.9 Å². The third-order valence-corrected chi connectivity index (χ3v) is 3.94. The topological polar surface area (TPSA) is 18.5 Å². The standard InChI is InChI=1S/C16H15F3O2S/c1-22-14-10-20-15(21-11-14)5-3-2-4-12-6-8-13(9-7-12)16(17,18)19/h2,4,6-9,14-15H,10-11H2,1H3. The zero-order valence-electron chi connectivity index (χ0n) is 11.9. The molecule has 2 nitrogen and oxygen atoms in total. The normalized spacial score (nSPS) is 22.4. The lowest BCUT2D eigenvalue weighted by Gasteiger charge is -2.24. The number of hydrogen-bond acceptors (Lipinski definition) is 3. The van der Waals surface area contributed by atoms with Gasteiger partial charge in [0.15, 0.2) is 0 Å². The van der Waals surface area contributed by atoms with Gasteiger partial charge in [0, 0.05) is 0 Å². The number of rotatable bonds is 2. The largest absolute Gasteiger partial charge is 0.416 e. The summed E-state index contributed by atoms with van der Waals surface area (Å²) >= 11 is 1.68. The Morgan fingerprint density at radius 1 is 1.18 bits per heavy atom. The molecule has 22 heavy (non-hydrogen) atoms. The highest BCUT2D eigenvalue weighted by Crippen LogP contribution is 2.29. The number of halogens is 3. The van der Waals surface area contributed by atoms with Crippen molar-refractivity contribution in [2.45, 2.75) is 17.7 Å². The van der Waals surface area contributed by atoms with Gasteiger partial charge in [-0.3, -0.25) is 0 Å². The second-order valence-electron chi connectivity index (χ2n) is 4.60. The molecule has 118 valence electrons. The summed E-state index contributed by atoms with van der Waals surface area (Å²) in [7, 11) is 0. The highest BCUT2D eigenvalue weighted by Gasteiger charge is 2.29. The third-order valence-electron chi connectivity index (χ3n) is 3.00. The average molecular weight is 328 g/mol. The van der Waals surface area contributed by atoms with E-state index >= 15 is 0 Å². The van der Waals surface area contributed by atoms with E-state index in [2.05, 4.69) is 11.8 Å². The Hall–Kier alpha value is -1.42. The minimum Gasteiger partial charge on any atom is -0.341 e. The van der Waals surface area contributed by atoms with Crippen LogP contribution in [-0.4, -0.2) is 31.0 Å². The molecule has 1 heterocycles. The summed E-state index contributed by atoms with van der Waals surface area (Å²) in [5, 5.41) is 0.334. The van der Waals surface area contributed by atoms with Crippen LogP contribution in [0.1, 0.15) is 11.1 Å². The first kappa shape index (κ1) is 16.9. The van der Waals surface area contributed by atoms with Crippen LogP contribution in [-0.2, 0) is 15.7 Å². The quantitative estimate of drug-likeness (QED) is 0.769. The molecule has 0 aromatic heterocycles. The van der Waals surface area contributed by atoms with E-state index in [4.69, 9.17) is 9.47 Å². The molecule has 0 radical (unpaired) electrons. The molecule has 1 fully saturated rings. The van der Waals surface area contributed by atoms with Gasteiger partial charge >= 0.3 is 6.18 Å². The van der Waals surface area contributed by atoms with Gasteiger partial charge in [-0.05, 0) is 42.0 Å². The molecule has 0 unspecified atom stereocenters. The molecule has 1 aromatic rings. The van der Waals surface area contributed by atoms with Gasteiger partial charge in [-0.15, -0.1) is 0 Å². The maximum Gasteiger partial charge on any atom is 0.416 e. The molecule has 2 rings (SSSR count). The SMILES string of the molecule is CSC1COC(C#CC=Cc2ccc(C(F)(F)F)cc2)OC1. The molecule has 0 saturated carbocycles. The Bertz CT molecular complexity index is 562. The summed E-state index contributed by atoms with van der Waals surface area (Å²) in [6.45, 7) is 1.20. The summed E-state index contributed by atoms with van der Waals surface area (Å²) in [5.74, 6) is 5.57. The van der Waals surface area contributed by atoms with Gasteiger partial charge in [-0.25, -0.2) is 0 Å². The van der Waals surface area contributed by atoms with E-state index < -0.39 is 18.0 Å². The molecular formula is C16H15F3O2S. The first-order valence-electron chi connectivity index (χ1n) is 6.60. The Morgan fingerprint density at radius 2 is 1.82 bits per heavy atom. The molecule has 0 atom stereocenters. The molecule has 1 aliphatic rings. The van der Waals surface area contributed by atoms with E-state index in [0.29, 0.717) is 24.0 Å². The van der Waals surface area contributed by atoms with E-state index in [1.54, 1.807) is 23.9 Å². The number of allylic oxidation sites excluding steroid dienone is 1. The first-order chi connectivity index (χ1) is 10.5. The zero-order chi connectivity index (χ0) is 16.0. The second kappa shape index (κ2) is 7.73. The number of hydrogen-bond donors (Lipinski definition) is 0. The van der Waals surface area contributed by atoms with Crippen LogP contribution < -0.4 is 0 Å². The molecule has 0 aliphatic carbocycles. The Balaban J connectivity index is 1.87. The summed E-state index contributed by atoms with van der Waals surface area (Å²) in [4.78, 5) is 0. The number of thioether (sulfide) groups is 1. The van der Waals surface area contributed by atoms with Crippen molar-refractivity contribution in [1.82, 2.24) is 0 Å². The maximum atomic E-state index is 12.4. The zero-order valence-corrected chi connectivity index (χ0v) is 12.7. The molecule has 6 heteroatoms. The van der Waals surface area contributed by atoms with E-state index in [9.17, 15) is 13.2 Å². The van der Waals surface area contributed by atoms with Crippen molar-refractivity contribution in [2.24, 2.45) is 0 Å². The van der Waals surface area contributed by atoms with E-state index in [0.717, 1.165) is 12.1 Å². The summed E-state index contributed by atoms with van der Waals surface area (Å²) in [6.07, 6.45) is 0.347. The molecule has 0 spiro atoms. The summed E-state index contributed by atoms with van der Waals surface area (Å²) in [6, 6.07) is 4.89. The van der Waals surface area contributed by atoms with Crippen LogP contribution in [0.25, 0.3) is 6.08 Å². The molecule has 0 bridgehead atoms. The molecular weight excluding hydrogens is 313 g/mol. The van der Waals surface area contributed by atoms with Gasteiger partial charge in [0.1, 0.15) is 0 Å². The van der Waals surface area contributed by atoms with Crippen LogP contribution in [0.2, 0.25) is 0 Å². The highest BCUT2D eigenvalue weighted by atomic mass is 32.2. The van der Waals surface area contributed by atoms with Gasteiger partial charge in [0.05, 0.1) is 24.0 Å². The number of benzene rings is 1. The van der Waals surface area contributed by atoms with Gasteiger partial charge in [0.2, 0.25) is 6.29 Å². The highest BCUT2D eigenvalue weighted by molar-refractivity contribution is 7.99. The Kier molecular flexibility index (Phi) is 5.95. The summed E-state index contributed by atoms with van der Waals surface area (Å²) in [5.41, 5.74) is -0.0154. The monoisotopic (exact) mass is 328 g/mol. The van der Waals surface area contributed by atoms with E-state index in [-0.39, 0.29) is 0 Å². The minimum atomic E-state index is -4.31. The van der Waals surface area contributed by atoms with E-state index in [1.165, 1.54) is 12.1 Å². The van der Waals surface area contributed by atoms with Crippen LogP contribution in [0.5, 0.6) is 0 Å². The average Bonchev–Trinajstić information content (AvgIpc) is 2.52. The lowest BCUT2D eigenvalue weighted by Crippen LogP contribution is -2.32. The van der Waals surface area contributed by atoms with Crippen molar-refractivity contribution in [3.05, 3.63) is 41.5 Å². The van der Waals surface area contributed by atoms with Crippen LogP contribution in [0.3, 0.4) is 0 Å². The first-order valence-corrected chi connectivity index (χ1v) is 7.88. The Morgan fingerprint density at radius 3 is 2.36 bits per heavy atom. The number of ether oxygens (including phenoxy) is 2. The Labute approximate surface area is 131 Å². The van der Waals surface area contributed by atoms with Crippen LogP contribution in [0, 0.1) is 11.8 Å².